The molecule has 6 nitrogen and oxygen atoms in total. The molecule has 1 aliphatic rings. The van der Waals surface area contributed by atoms with Crippen LogP contribution in [0, 0.1) is 0 Å². The number of carbonyl (C=O) groups is 3. The van der Waals surface area contributed by atoms with E-state index in [1.807, 2.05) is 6.07 Å². The van der Waals surface area contributed by atoms with Crippen molar-refractivity contribution in [1.82, 2.24) is 4.90 Å². The fraction of sp³-hybridized carbons (Fsp3) is 0.190. The molecule has 0 saturated carbocycles. The van der Waals surface area contributed by atoms with Crippen LogP contribution in [0.3, 0.4) is 0 Å². The SMILES string of the molecule is COC(=O)[C@@H](C)N1C(=O)S/C(=C/c2cc(Br)c(OCc3ccc(Cl)c(Cl)c3)c(Br)c2)C1=O. The fourth-order valence-electron chi connectivity index (χ4n) is 2.83. The van der Waals surface area contributed by atoms with Crippen molar-refractivity contribution in [3.05, 3.63) is 65.4 Å². The molecular weight excluding hydrogens is 609 g/mol. The molecule has 0 spiro atoms. The largest absolute Gasteiger partial charge is 0.487 e. The smallest absolute Gasteiger partial charge is 0.328 e. The van der Waals surface area contributed by atoms with Crippen LogP contribution >= 0.6 is 66.8 Å². The summed E-state index contributed by atoms with van der Waals surface area (Å²) in [6.07, 6.45) is 1.58. The molecule has 2 aromatic rings. The van der Waals surface area contributed by atoms with Crippen molar-refractivity contribution < 1.29 is 23.9 Å². The van der Waals surface area contributed by atoms with Gasteiger partial charge in [0, 0.05) is 0 Å². The van der Waals surface area contributed by atoms with Gasteiger partial charge in [-0.2, -0.15) is 0 Å². The number of esters is 1. The minimum absolute atomic E-state index is 0.203. The molecule has 0 radical (unpaired) electrons. The highest BCUT2D eigenvalue weighted by molar-refractivity contribution is 9.11. The second-order valence-corrected chi connectivity index (χ2v) is 10.1. The van der Waals surface area contributed by atoms with E-state index in [1.54, 1.807) is 30.3 Å². The van der Waals surface area contributed by atoms with Crippen LogP contribution in [0.5, 0.6) is 5.75 Å². The molecule has 1 saturated heterocycles. The first-order valence-corrected chi connectivity index (χ1v) is 12.2. The van der Waals surface area contributed by atoms with Gasteiger partial charge in [-0.15, -0.1) is 0 Å². The number of carbonyl (C=O) groups excluding carboxylic acids is 3. The molecule has 1 atom stereocenters. The molecule has 1 aliphatic heterocycles. The van der Waals surface area contributed by atoms with E-state index in [-0.39, 0.29) is 11.5 Å². The Balaban J connectivity index is 1.79. The number of imide groups is 1. The molecule has 0 aromatic heterocycles. The van der Waals surface area contributed by atoms with Crippen molar-refractivity contribution in [2.24, 2.45) is 0 Å². The summed E-state index contributed by atoms with van der Waals surface area (Å²) >= 11 is 19.7. The zero-order valence-electron chi connectivity index (χ0n) is 16.7. The molecule has 2 amide bonds. The highest BCUT2D eigenvalue weighted by Gasteiger charge is 2.41. The second kappa shape index (κ2) is 10.6. The van der Waals surface area contributed by atoms with E-state index in [2.05, 4.69) is 36.6 Å². The Hall–Kier alpha value is -1.52. The first kappa shape index (κ1) is 25.1. The number of halogens is 4. The molecule has 0 unspecified atom stereocenters. The molecule has 11 heteroatoms. The zero-order valence-corrected chi connectivity index (χ0v) is 22.2. The fourth-order valence-corrected chi connectivity index (χ4v) is 5.51. The van der Waals surface area contributed by atoms with Crippen LogP contribution in [0.2, 0.25) is 10.0 Å². The lowest BCUT2D eigenvalue weighted by Crippen LogP contribution is -2.42. The molecule has 0 N–H and O–H groups in total. The Morgan fingerprint density at radius 3 is 2.41 bits per heavy atom. The van der Waals surface area contributed by atoms with E-state index in [4.69, 9.17) is 27.9 Å². The predicted molar refractivity (Wildman–Crippen MR) is 132 cm³/mol. The Labute approximate surface area is 215 Å². The Kier molecular flexibility index (Phi) is 8.32. The van der Waals surface area contributed by atoms with E-state index in [0.29, 0.717) is 30.3 Å². The maximum absolute atomic E-state index is 12.7. The van der Waals surface area contributed by atoms with Crippen molar-refractivity contribution in [3.8, 4) is 5.75 Å². The van der Waals surface area contributed by atoms with Crippen LogP contribution in [-0.2, 0) is 20.9 Å². The van der Waals surface area contributed by atoms with Gasteiger partial charge in [0.1, 0.15) is 18.4 Å². The summed E-state index contributed by atoms with van der Waals surface area (Å²) in [5, 5.41) is 0.378. The summed E-state index contributed by atoms with van der Waals surface area (Å²) in [6, 6.07) is 7.75. The van der Waals surface area contributed by atoms with Crippen LogP contribution < -0.4 is 4.74 Å². The molecule has 3 rings (SSSR count). The average molecular weight is 624 g/mol. The molecule has 2 aromatic carbocycles. The van der Waals surface area contributed by atoms with Gasteiger partial charge in [0.15, 0.2) is 0 Å². The van der Waals surface area contributed by atoms with Gasteiger partial charge >= 0.3 is 5.97 Å². The van der Waals surface area contributed by atoms with Crippen molar-refractivity contribution in [2.45, 2.75) is 19.6 Å². The Morgan fingerprint density at radius 1 is 1.16 bits per heavy atom. The van der Waals surface area contributed by atoms with Crippen molar-refractivity contribution in [1.29, 1.82) is 0 Å². The van der Waals surface area contributed by atoms with Crippen LogP contribution in [0.25, 0.3) is 6.08 Å². The molecular formula is C21H15Br2Cl2NO5S. The van der Waals surface area contributed by atoms with E-state index < -0.39 is 23.2 Å². The summed E-state index contributed by atoms with van der Waals surface area (Å²) in [6.45, 7) is 1.70. The number of thioether (sulfide) groups is 1. The second-order valence-electron chi connectivity index (χ2n) is 6.60. The first-order chi connectivity index (χ1) is 15.1. The van der Waals surface area contributed by atoms with Crippen LogP contribution in [0.15, 0.2) is 44.2 Å². The van der Waals surface area contributed by atoms with Gasteiger partial charge in [-0.05, 0) is 92.0 Å². The topological polar surface area (TPSA) is 72.9 Å². The quantitative estimate of drug-likeness (QED) is 0.264. The molecule has 1 fully saturated rings. The first-order valence-electron chi connectivity index (χ1n) is 9.03. The average Bonchev–Trinajstić information content (AvgIpc) is 3.01. The number of ether oxygens (including phenoxy) is 2. The monoisotopic (exact) mass is 621 g/mol. The van der Waals surface area contributed by atoms with Crippen molar-refractivity contribution in [3.63, 3.8) is 0 Å². The number of benzene rings is 2. The van der Waals surface area contributed by atoms with E-state index >= 15 is 0 Å². The van der Waals surface area contributed by atoms with Gasteiger partial charge in [0.2, 0.25) is 0 Å². The Morgan fingerprint density at radius 2 is 1.81 bits per heavy atom. The van der Waals surface area contributed by atoms with Gasteiger partial charge in [-0.1, -0.05) is 29.3 Å². The third-order valence-corrected chi connectivity index (χ3v) is 7.24. The molecule has 168 valence electrons. The maximum Gasteiger partial charge on any atom is 0.328 e. The van der Waals surface area contributed by atoms with Gasteiger partial charge < -0.3 is 9.47 Å². The summed E-state index contributed by atoms with van der Waals surface area (Å²) in [4.78, 5) is 37.8. The third-order valence-electron chi connectivity index (χ3n) is 4.44. The molecule has 0 aliphatic carbocycles. The summed E-state index contributed by atoms with van der Waals surface area (Å²) in [7, 11) is 1.20. The zero-order chi connectivity index (χ0) is 23.6. The number of hydrogen-bond donors (Lipinski definition) is 0. The predicted octanol–water partition coefficient (Wildman–Crippen LogP) is 6.70. The summed E-state index contributed by atoms with van der Waals surface area (Å²) < 4.78 is 11.8. The highest BCUT2D eigenvalue weighted by Crippen LogP contribution is 2.38. The highest BCUT2D eigenvalue weighted by atomic mass is 79.9. The van der Waals surface area contributed by atoms with Gasteiger partial charge in [0.05, 0.1) is 31.0 Å². The number of hydrogen-bond acceptors (Lipinski definition) is 6. The Bertz CT molecular complexity index is 1120. The summed E-state index contributed by atoms with van der Waals surface area (Å²) in [5.74, 6) is -0.659. The number of nitrogens with zero attached hydrogens (tertiary/aromatic N) is 1. The van der Waals surface area contributed by atoms with Gasteiger partial charge in [-0.25, -0.2) is 4.79 Å². The lowest BCUT2D eigenvalue weighted by molar-refractivity contribution is -0.148. The number of rotatable bonds is 6. The molecule has 0 bridgehead atoms. The van der Waals surface area contributed by atoms with E-state index in [9.17, 15) is 14.4 Å². The summed E-state index contributed by atoms with van der Waals surface area (Å²) in [5.41, 5.74) is 1.50. The normalized spacial score (nSPS) is 15.9. The minimum Gasteiger partial charge on any atom is -0.487 e. The lowest BCUT2D eigenvalue weighted by atomic mass is 10.2. The van der Waals surface area contributed by atoms with E-state index in [0.717, 1.165) is 22.2 Å². The van der Waals surface area contributed by atoms with Gasteiger partial charge in [0.25, 0.3) is 11.1 Å². The standard InChI is InChI=1S/C21H15Br2Cl2NO5S/c1-10(20(28)30-2)26-19(27)17(32-21(26)29)8-12-5-13(22)18(14(23)6-12)31-9-11-3-4-15(24)16(25)7-11/h3-8,10H,9H2,1-2H3/b17-8+/t10-/m1/s1. The minimum atomic E-state index is -1.01. The third kappa shape index (κ3) is 5.51. The molecule has 32 heavy (non-hydrogen) atoms. The van der Waals surface area contributed by atoms with Crippen LogP contribution in [0.1, 0.15) is 18.1 Å². The van der Waals surface area contributed by atoms with E-state index in [1.165, 1.54) is 14.0 Å². The van der Waals surface area contributed by atoms with Crippen molar-refractivity contribution in [2.75, 3.05) is 7.11 Å². The maximum atomic E-state index is 12.7. The lowest BCUT2D eigenvalue weighted by Gasteiger charge is -2.18. The number of amides is 2. The van der Waals surface area contributed by atoms with Gasteiger partial charge in [-0.3, -0.25) is 14.5 Å². The van der Waals surface area contributed by atoms with Crippen LogP contribution in [0.4, 0.5) is 4.79 Å². The van der Waals surface area contributed by atoms with Crippen molar-refractivity contribution >= 4 is 90.0 Å². The van der Waals surface area contributed by atoms with Crippen LogP contribution in [-0.4, -0.2) is 35.2 Å². The molecule has 1 heterocycles. The number of methoxy groups -OCH3 is 1.